The summed E-state index contributed by atoms with van der Waals surface area (Å²) in [5, 5.41) is 0. The van der Waals surface area contributed by atoms with Crippen molar-refractivity contribution in [2.24, 2.45) is 0 Å². The van der Waals surface area contributed by atoms with Gasteiger partial charge in [-0.3, -0.25) is 0 Å². The molecule has 0 aliphatic carbocycles. The first-order chi connectivity index (χ1) is 13.5. The zero-order valence-electron chi connectivity index (χ0n) is 16.5. The molecule has 28 heavy (non-hydrogen) atoms. The van der Waals surface area contributed by atoms with Crippen molar-refractivity contribution >= 4 is 11.8 Å². The second kappa shape index (κ2) is 8.33. The summed E-state index contributed by atoms with van der Waals surface area (Å²) in [7, 11) is 0. The second-order valence-electron chi connectivity index (χ2n) is 7.37. The van der Waals surface area contributed by atoms with Crippen LogP contribution in [0.5, 0.6) is 11.5 Å². The van der Waals surface area contributed by atoms with E-state index in [0.717, 1.165) is 29.4 Å². The largest absolute Gasteiger partial charge is 0.490 e. The van der Waals surface area contributed by atoms with Gasteiger partial charge < -0.3 is 23.7 Å². The Bertz CT molecular complexity index is 797. The van der Waals surface area contributed by atoms with Crippen LogP contribution in [0.15, 0.2) is 47.4 Å². The molecule has 0 amide bonds. The van der Waals surface area contributed by atoms with Gasteiger partial charge in [-0.2, -0.15) is 0 Å². The summed E-state index contributed by atoms with van der Waals surface area (Å²) >= 11 is 1.78. The minimum absolute atomic E-state index is 0.125. The number of thioether (sulfide) groups is 1. The third-order valence-electron chi connectivity index (χ3n) is 4.79. The number of epoxide rings is 1. The molecular weight excluding hydrogens is 376 g/mol. The van der Waals surface area contributed by atoms with Crippen LogP contribution in [-0.4, -0.2) is 43.8 Å². The van der Waals surface area contributed by atoms with Crippen molar-refractivity contribution in [2.75, 3.05) is 25.6 Å². The molecule has 6 heteroatoms. The standard InChI is InChI=1S/C22H26O5S/c1-15-4-6-18(7-5-15)24-12-22(13-25-22)14-28-19-8-9-20(16(2)10-19)23-11-21-26-17(3)27-21/h4-10,17,21H,11-14H2,1-3H3. The maximum absolute atomic E-state index is 5.92. The average molecular weight is 403 g/mol. The highest BCUT2D eigenvalue weighted by molar-refractivity contribution is 7.99. The fraction of sp³-hybridized carbons (Fsp3) is 0.455. The fourth-order valence-corrected chi connectivity index (χ4v) is 4.03. The highest BCUT2D eigenvalue weighted by atomic mass is 32.2. The van der Waals surface area contributed by atoms with Crippen molar-refractivity contribution in [3.63, 3.8) is 0 Å². The van der Waals surface area contributed by atoms with Crippen molar-refractivity contribution in [2.45, 2.75) is 43.8 Å². The molecule has 2 heterocycles. The lowest BCUT2D eigenvalue weighted by atomic mass is 10.2. The molecule has 2 aromatic carbocycles. The van der Waals surface area contributed by atoms with Gasteiger partial charge in [0.1, 0.15) is 30.3 Å². The number of rotatable bonds is 9. The highest BCUT2D eigenvalue weighted by Gasteiger charge is 2.45. The van der Waals surface area contributed by atoms with Crippen LogP contribution in [0.4, 0.5) is 0 Å². The number of ether oxygens (including phenoxy) is 5. The van der Waals surface area contributed by atoms with Crippen LogP contribution in [0, 0.1) is 13.8 Å². The van der Waals surface area contributed by atoms with Crippen LogP contribution >= 0.6 is 11.8 Å². The molecule has 2 aromatic rings. The normalized spacial score (nSPS) is 25.8. The van der Waals surface area contributed by atoms with Gasteiger partial charge in [-0.05, 0) is 56.7 Å². The molecule has 0 aromatic heterocycles. The molecule has 1 atom stereocenters. The van der Waals surface area contributed by atoms with Crippen LogP contribution in [0.2, 0.25) is 0 Å². The summed E-state index contributed by atoms with van der Waals surface area (Å²) < 4.78 is 28.2. The van der Waals surface area contributed by atoms with Gasteiger partial charge in [0.05, 0.1) is 6.61 Å². The van der Waals surface area contributed by atoms with E-state index in [2.05, 4.69) is 38.1 Å². The van der Waals surface area contributed by atoms with Crippen molar-refractivity contribution in [1.82, 2.24) is 0 Å². The molecule has 0 saturated carbocycles. The van der Waals surface area contributed by atoms with Crippen molar-refractivity contribution in [1.29, 1.82) is 0 Å². The van der Waals surface area contributed by atoms with Gasteiger partial charge >= 0.3 is 0 Å². The quantitative estimate of drug-likeness (QED) is 0.459. The van der Waals surface area contributed by atoms with Gasteiger partial charge in [-0.25, -0.2) is 0 Å². The van der Waals surface area contributed by atoms with Gasteiger partial charge in [-0.1, -0.05) is 17.7 Å². The first kappa shape index (κ1) is 19.6. The Morgan fingerprint density at radius 2 is 1.82 bits per heavy atom. The molecule has 5 nitrogen and oxygen atoms in total. The molecule has 4 rings (SSSR count). The fourth-order valence-electron chi connectivity index (χ4n) is 2.92. The van der Waals surface area contributed by atoms with E-state index in [0.29, 0.717) is 13.2 Å². The van der Waals surface area contributed by atoms with Gasteiger partial charge in [0, 0.05) is 10.6 Å². The third-order valence-corrected chi connectivity index (χ3v) is 6.04. The smallest absolute Gasteiger partial charge is 0.197 e. The molecule has 1 unspecified atom stereocenters. The molecule has 0 bridgehead atoms. The van der Waals surface area contributed by atoms with Crippen molar-refractivity contribution in [3.8, 4) is 11.5 Å². The van der Waals surface area contributed by atoms with Crippen molar-refractivity contribution in [3.05, 3.63) is 53.6 Å². The third kappa shape index (κ3) is 5.00. The predicted molar refractivity (Wildman–Crippen MR) is 108 cm³/mol. The Kier molecular flexibility index (Phi) is 5.83. The van der Waals surface area contributed by atoms with E-state index >= 15 is 0 Å². The summed E-state index contributed by atoms with van der Waals surface area (Å²) in [4.78, 5) is 1.19. The van der Waals surface area contributed by atoms with E-state index in [1.165, 1.54) is 10.5 Å². The first-order valence-electron chi connectivity index (χ1n) is 9.52. The lowest BCUT2D eigenvalue weighted by Crippen LogP contribution is -2.42. The topological polar surface area (TPSA) is 49.5 Å². The van der Waals surface area contributed by atoms with Gasteiger partial charge in [-0.15, -0.1) is 11.8 Å². The Morgan fingerprint density at radius 1 is 1.07 bits per heavy atom. The van der Waals surface area contributed by atoms with Crippen LogP contribution < -0.4 is 9.47 Å². The molecule has 2 aliphatic rings. The molecule has 0 spiro atoms. The number of aryl methyl sites for hydroxylation is 2. The van der Waals surface area contributed by atoms with Gasteiger partial charge in [0.2, 0.25) is 0 Å². The molecule has 0 N–H and O–H groups in total. The van der Waals surface area contributed by atoms with E-state index < -0.39 is 0 Å². The summed E-state index contributed by atoms with van der Waals surface area (Å²) in [5.41, 5.74) is 2.14. The first-order valence-corrected chi connectivity index (χ1v) is 10.5. The Morgan fingerprint density at radius 3 is 2.46 bits per heavy atom. The number of hydrogen-bond acceptors (Lipinski definition) is 6. The molecule has 150 valence electrons. The lowest BCUT2D eigenvalue weighted by Gasteiger charge is -2.33. The highest BCUT2D eigenvalue weighted by Crippen LogP contribution is 2.36. The average Bonchev–Trinajstić information content (AvgIpc) is 3.44. The Balaban J connectivity index is 1.24. The number of benzene rings is 2. The molecule has 2 fully saturated rings. The van der Waals surface area contributed by atoms with Gasteiger partial charge in [0.15, 0.2) is 12.6 Å². The van der Waals surface area contributed by atoms with E-state index in [1.807, 2.05) is 25.1 Å². The van der Waals surface area contributed by atoms with E-state index in [4.69, 9.17) is 23.7 Å². The summed E-state index contributed by atoms with van der Waals surface area (Å²) in [6.45, 7) is 7.71. The zero-order valence-corrected chi connectivity index (χ0v) is 17.3. The minimum atomic E-state index is -0.260. The minimum Gasteiger partial charge on any atom is -0.490 e. The van der Waals surface area contributed by atoms with Crippen LogP contribution in [0.1, 0.15) is 18.1 Å². The van der Waals surface area contributed by atoms with Crippen LogP contribution in [-0.2, 0) is 14.2 Å². The second-order valence-corrected chi connectivity index (χ2v) is 8.42. The van der Waals surface area contributed by atoms with E-state index in [1.54, 1.807) is 11.8 Å². The predicted octanol–water partition coefficient (Wildman–Crippen LogP) is 4.34. The van der Waals surface area contributed by atoms with E-state index in [-0.39, 0.29) is 18.2 Å². The SMILES string of the molecule is Cc1ccc(OCC2(CSc3ccc(OCC4OC(C)O4)c(C)c3)CO2)cc1. The van der Waals surface area contributed by atoms with Gasteiger partial charge in [0.25, 0.3) is 0 Å². The summed E-state index contributed by atoms with van der Waals surface area (Å²) in [5.74, 6) is 2.60. The molecule has 2 aliphatic heterocycles. The van der Waals surface area contributed by atoms with Crippen molar-refractivity contribution < 1.29 is 23.7 Å². The molecule has 2 saturated heterocycles. The molecule has 0 radical (unpaired) electrons. The Hall–Kier alpha value is -1.73. The maximum atomic E-state index is 5.92. The number of hydrogen-bond donors (Lipinski definition) is 0. The molecular formula is C22H26O5S. The van der Waals surface area contributed by atoms with Crippen LogP contribution in [0.3, 0.4) is 0 Å². The Labute approximate surface area is 170 Å². The summed E-state index contributed by atoms with van der Waals surface area (Å²) in [6, 6.07) is 14.3. The summed E-state index contributed by atoms with van der Waals surface area (Å²) in [6.07, 6.45) is -0.385. The zero-order chi connectivity index (χ0) is 19.6. The maximum Gasteiger partial charge on any atom is 0.197 e. The van der Waals surface area contributed by atoms with Crippen LogP contribution in [0.25, 0.3) is 0 Å². The monoisotopic (exact) mass is 402 g/mol. The van der Waals surface area contributed by atoms with E-state index in [9.17, 15) is 0 Å². The lowest BCUT2D eigenvalue weighted by molar-refractivity contribution is -0.380.